The Hall–Kier alpha value is -3.49. The van der Waals surface area contributed by atoms with Gasteiger partial charge in [0.05, 0.1) is 18.6 Å². The van der Waals surface area contributed by atoms with Crippen LogP contribution in [0.4, 0.5) is 11.6 Å². The number of phenols is 1. The molecular weight excluding hydrogens is 326 g/mol. The first kappa shape index (κ1) is 15.1. The Morgan fingerprint density at radius 1 is 1.20 bits per heavy atom. The zero-order valence-electron chi connectivity index (χ0n) is 13.4. The average Bonchev–Trinajstić information content (AvgIpc) is 2.94. The number of rotatable bonds is 2. The topological polar surface area (TPSA) is 136 Å². The molecule has 0 saturated heterocycles. The van der Waals surface area contributed by atoms with E-state index < -0.39 is 17.2 Å². The van der Waals surface area contributed by atoms with Gasteiger partial charge in [0.15, 0.2) is 17.3 Å². The van der Waals surface area contributed by atoms with Crippen molar-refractivity contribution < 1.29 is 9.84 Å². The van der Waals surface area contributed by atoms with Gasteiger partial charge in [-0.15, -0.1) is 0 Å². The molecule has 2 aromatic heterocycles. The largest absolute Gasteiger partial charge is 0.504 e. The van der Waals surface area contributed by atoms with E-state index in [1.807, 2.05) is 6.92 Å². The number of aryl methyl sites for hydroxylation is 1. The normalized spacial score (nSPS) is 15.2. The number of para-hydroxylation sites is 1. The third kappa shape index (κ3) is 2.12. The number of nitrogens with zero attached hydrogens (tertiary/aromatic N) is 1. The molecule has 0 bridgehead atoms. The Labute approximate surface area is 140 Å². The highest BCUT2D eigenvalue weighted by molar-refractivity contribution is 5.72. The number of phenolic OH excluding ortho intramolecular Hbond substituents is 1. The third-order valence-corrected chi connectivity index (χ3v) is 4.36. The molecule has 4 rings (SSSR count). The van der Waals surface area contributed by atoms with Gasteiger partial charge in [0.1, 0.15) is 5.82 Å². The summed E-state index contributed by atoms with van der Waals surface area (Å²) in [6.45, 7) is 1.82. The Bertz CT molecular complexity index is 1090. The highest BCUT2D eigenvalue weighted by Crippen LogP contribution is 2.47. The Morgan fingerprint density at radius 2 is 2.00 bits per heavy atom. The summed E-state index contributed by atoms with van der Waals surface area (Å²) in [5.74, 6) is 0.334. The van der Waals surface area contributed by atoms with Crippen LogP contribution in [0.15, 0.2) is 27.8 Å². The van der Waals surface area contributed by atoms with Crippen LogP contribution in [-0.4, -0.2) is 32.4 Å². The third-order valence-electron chi connectivity index (χ3n) is 4.36. The summed E-state index contributed by atoms with van der Waals surface area (Å²) in [4.78, 5) is 29.0. The SMILES string of the molecule is COc1cccc([C@@H]2c3c(n[nH]c3C)Nc3[nH]c(=O)[nH]c(=O)c32)c1O. The second-order valence-electron chi connectivity index (χ2n) is 5.76. The minimum atomic E-state index is -0.624. The Balaban J connectivity index is 2.08. The van der Waals surface area contributed by atoms with Gasteiger partial charge in [0.2, 0.25) is 0 Å². The summed E-state index contributed by atoms with van der Waals surface area (Å²) in [5, 5.41) is 20.6. The van der Waals surface area contributed by atoms with E-state index >= 15 is 0 Å². The quantitative estimate of drug-likeness (QED) is 0.370. The van der Waals surface area contributed by atoms with Gasteiger partial charge in [0, 0.05) is 16.8 Å². The number of aromatic amines is 3. The molecule has 9 nitrogen and oxygen atoms in total. The van der Waals surface area contributed by atoms with E-state index in [-0.39, 0.29) is 11.6 Å². The molecule has 1 aromatic carbocycles. The number of benzene rings is 1. The molecule has 0 unspecified atom stereocenters. The van der Waals surface area contributed by atoms with Crippen molar-refractivity contribution >= 4 is 11.6 Å². The average molecular weight is 341 g/mol. The maximum absolute atomic E-state index is 12.5. The second kappa shape index (κ2) is 5.26. The molecule has 3 aromatic rings. The van der Waals surface area contributed by atoms with Crippen LogP contribution in [0.2, 0.25) is 0 Å². The van der Waals surface area contributed by atoms with Crippen LogP contribution in [0.5, 0.6) is 11.5 Å². The highest BCUT2D eigenvalue weighted by Gasteiger charge is 2.35. The van der Waals surface area contributed by atoms with E-state index in [4.69, 9.17) is 4.74 Å². The summed E-state index contributed by atoms with van der Waals surface area (Å²) < 4.78 is 5.18. The lowest BCUT2D eigenvalue weighted by Crippen LogP contribution is -2.31. The zero-order chi connectivity index (χ0) is 17.7. The van der Waals surface area contributed by atoms with Crippen LogP contribution in [0.3, 0.4) is 0 Å². The van der Waals surface area contributed by atoms with Crippen molar-refractivity contribution in [3.63, 3.8) is 0 Å². The number of fused-ring (bicyclic) bond motifs is 2. The lowest BCUT2D eigenvalue weighted by Gasteiger charge is -2.26. The molecule has 5 N–H and O–H groups in total. The monoisotopic (exact) mass is 341 g/mol. The molecule has 1 atom stereocenters. The molecule has 1 aliphatic heterocycles. The van der Waals surface area contributed by atoms with Crippen LogP contribution in [-0.2, 0) is 0 Å². The highest BCUT2D eigenvalue weighted by atomic mass is 16.5. The second-order valence-corrected chi connectivity index (χ2v) is 5.76. The fourth-order valence-electron chi connectivity index (χ4n) is 3.27. The van der Waals surface area contributed by atoms with Crippen molar-refractivity contribution in [2.45, 2.75) is 12.8 Å². The fraction of sp³-hybridized carbons (Fsp3) is 0.188. The lowest BCUT2D eigenvalue weighted by atomic mass is 9.83. The fourth-order valence-corrected chi connectivity index (χ4v) is 3.27. The van der Waals surface area contributed by atoms with E-state index in [1.165, 1.54) is 7.11 Å². The molecule has 25 heavy (non-hydrogen) atoms. The Morgan fingerprint density at radius 3 is 2.76 bits per heavy atom. The number of ether oxygens (including phenoxy) is 1. The minimum absolute atomic E-state index is 0.0694. The van der Waals surface area contributed by atoms with Crippen LogP contribution in [0.1, 0.15) is 28.3 Å². The summed E-state index contributed by atoms with van der Waals surface area (Å²) in [6.07, 6.45) is 0. The van der Waals surface area contributed by atoms with Gasteiger partial charge >= 0.3 is 5.69 Å². The zero-order valence-corrected chi connectivity index (χ0v) is 13.4. The molecule has 128 valence electrons. The Kier molecular flexibility index (Phi) is 3.17. The van der Waals surface area contributed by atoms with Gasteiger partial charge < -0.3 is 15.2 Å². The first-order chi connectivity index (χ1) is 12.0. The molecule has 0 amide bonds. The molecular formula is C16H15N5O4. The van der Waals surface area contributed by atoms with Crippen molar-refractivity contribution in [1.29, 1.82) is 0 Å². The number of nitrogens with one attached hydrogen (secondary N) is 4. The number of hydrogen-bond donors (Lipinski definition) is 5. The smallest absolute Gasteiger partial charge is 0.327 e. The van der Waals surface area contributed by atoms with Crippen molar-refractivity contribution in [3.8, 4) is 11.5 Å². The van der Waals surface area contributed by atoms with Crippen molar-refractivity contribution in [2.75, 3.05) is 12.4 Å². The minimum Gasteiger partial charge on any atom is -0.504 e. The molecule has 0 radical (unpaired) electrons. The number of aromatic nitrogens is 4. The van der Waals surface area contributed by atoms with Gasteiger partial charge in [-0.3, -0.25) is 19.9 Å². The molecule has 0 spiro atoms. The summed E-state index contributed by atoms with van der Waals surface area (Å²) in [7, 11) is 1.45. The van der Waals surface area contributed by atoms with Crippen LogP contribution in [0.25, 0.3) is 0 Å². The molecule has 9 heteroatoms. The predicted octanol–water partition coefficient (Wildman–Crippen LogP) is 1.05. The number of methoxy groups -OCH3 is 1. The van der Waals surface area contributed by atoms with E-state index in [9.17, 15) is 14.7 Å². The predicted molar refractivity (Wildman–Crippen MR) is 89.9 cm³/mol. The van der Waals surface area contributed by atoms with Crippen LogP contribution >= 0.6 is 0 Å². The van der Waals surface area contributed by atoms with Gasteiger partial charge in [-0.05, 0) is 13.0 Å². The standard InChI is InChI=1S/C16H15N5O4/c1-6-9-10(7-4-3-5-8(25-2)12(7)22)11-13(17-14(9)21-20-6)18-16(24)19-15(11)23/h3-5,10,22H,1-2H3,(H4,17,18,19,20,21,23,24)/t10-/m1/s1. The first-order valence-electron chi connectivity index (χ1n) is 7.55. The maximum atomic E-state index is 12.5. The lowest BCUT2D eigenvalue weighted by molar-refractivity contribution is 0.370. The molecule has 0 aliphatic carbocycles. The molecule has 1 aliphatic rings. The number of aromatic hydroxyl groups is 1. The first-order valence-corrected chi connectivity index (χ1v) is 7.55. The molecule has 3 heterocycles. The maximum Gasteiger partial charge on any atom is 0.327 e. The van der Waals surface area contributed by atoms with E-state index in [1.54, 1.807) is 18.2 Å². The summed E-state index contributed by atoms with van der Waals surface area (Å²) in [5.41, 5.74) is 1.07. The van der Waals surface area contributed by atoms with E-state index in [2.05, 4.69) is 25.5 Å². The van der Waals surface area contributed by atoms with Crippen molar-refractivity contribution in [2.24, 2.45) is 0 Å². The summed E-state index contributed by atoms with van der Waals surface area (Å²) in [6, 6.07) is 5.06. The van der Waals surface area contributed by atoms with Crippen LogP contribution < -0.4 is 21.3 Å². The van der Waals surface area contributed by atoms with Gasteiger partial charge in [-0.25, -0.2) is 4.79 Å². The van der Waals surface area contributed by atoms with E-state index in [0.29, 0.717) is 28.3 Å². The van der Waals surface area contributed by atoms with Gasteiger partial charge in [-0.1, -0.05) is 12.1 Å². The van der Waals surface area contributed by atoms with Gasteiger partial charge in [-0.2, -0.15) is 5.10 Å². The molecule has 0 fully saturated rings. The number of H-pyrrole nitrogens is 3. The summed E-state index contributed by atoms with van der Waals surface area (Å²) >= 11 is 0. The van der Waals surface area contributed by atoms with Gasteiger partial charge in [0.25, 0.3) is 5.56 Å². The molecule has 0 saturated carbocycles. The van der Waals surface area contributed by atoms with Crippen molar-refractivity contribution in [1.82, 2.24) is 20.2 Å². The van der Waals surface area contributed by atoms with Crippen LogP contribution in [0, 0.1) is 6.92 Å². The number of anilines is 2. The number of hydrogen-bond acceptors (Lipinski definition) is 6. The van der Waals surface area contributed by atoms with E-state index in [0.717, 1.165) is 5.69 Å². The van der Waals surface area contributed by atoms with Crippen molar-refractivity contribution in [3.05, 3.63) is 61.4 Å².